The second-order valence-electron chi connectivity index (χ2n) is 3.99. The first-order valence-electron chi connectivity index (χ1n) is 5.27. The molecule has 2 N–H and O–H groups in total. The van der Waals surface area contributed by atoms with E-state index in [9.17, 15) is 8.42 Å². The zero-order valence-electron chi connectivity index (χ0n) is 9.42. The van der Waals surface area contributed by atoms with Crippen LogP contribution in [-0.2, 0) is 16.6 Å². The quantitative estimate of drug-likeness (QED) is 0.824. The van der Waals surface area contributed by atoms with E-state index in [-0.39, 0.29) is 16.8 Å². The van der Waals surface area contributed by atoms with Crippen LogP contribution >= 0.6 is 0 Å². The van der Waals surface area contributed by atoms with E-state index in [4.69, 9.17) is 5.73 Å². The van der Waals surface area contributed by atoms with E-state index in [0.717, 1.165) is 12.8 Å². The van der Waals surface area contributed by atoms with Crippen LogP contribution in [0.4, 0.5) is 5.82 Å². The third-order valence-electron chi connectivity index (χ3n) is 2.80. The van der Waals surface area contributed by atoms with Gasteiger partial charge in [0, 0.05) is 25.8 Å². The maximum absolute atomic E-state index is 12.2. The molecule has 0 spiro atoms. The van der Waals surface area contributed by atoms with Crippen LogP contribution < -0.4 is 5.73 Å². The normalized spacial score (nSPS) is 16.9. The van der Waals surface area contributed by atoms with Gasteiger partial charge in [0.1, 0.15) is 4.90 Å². The molecule has 90 valence electrons. The van der Waals surface area contributed by atoms with Crippen molar-refractivity contribution < 1.29 is 8.42 Å². The van der Waals surface area contributed by atoms with E-state index in [2.05, 4.69) is 5.10 Å². The monoisotopic (exact) mass is 244 g/mol. The van der Waals surface area contributed by atoms with E-state index < -0.39 is 10.0 Å². The van der Waals surface area contributed by atoms with Crippen LogP contribution in [0.2, 0.25) is 0 Å². The largest absolute Gasteiger partial charge is 0.381 e. The van der Waals surface area contributed by atoms with Gasteiger partial charge in [-0.15, -0.1) is 0 Å². The van der Waals surface area contributed by atoms with Crippen LogP contribution in [0.5, 0.6) is 0 Å². The standard InChI is InChI=1S/C9H16N4O2S/c1-3-13-6-8(9(10)11-13)16(14,15)12(2)7-4-5-7/h6-7H,3-5H2,1-2H3,(H2,10,11). The van der Waals surface area contributed by atoms with Crippen molar-refractivity contribution >= 4 is 15.8 Å². The Balaban J connectivity index is 2.37. The fourth-order valence-electron chi connectivity index (χ4n) is 1.57. The Morgan fingerprint density at radius 1 is 1.62 bits per heavy atom. The van der Waals surface area contributed by atoms with Gasteiger partial charge >= 0.3 is 0 Å². The van der Waals surface area contributed by atoms with Gasteiger partial charge in [-0.3, -0.25) is 4.68 Å². The lowest BCUT2D eigenvalue weighted by molar-refractivity contribution is 0.464. The molecule has 1 aromatic heterocycles. The molecule has 0 saturated heterocycles. The van der Waals surface area contributed by atoms with Gasteiger partial charge in [0.15, 0.2) is 5.82 Å². The lowest BCUT2D eigenvalue weighted by atomic mass is 10.6. The first kappa shape index (κ1) is 11.4. The Hall–Kier alpha value is -1.08. The molecule has 1 aliphatic rings. The number of nitrogens with two attached hydrogens (primary N) is 1. The topological polar surface area (TPSA) is 81.2 Å². The molecule has 0 unspecified atom stereocenters. The van der Waals surface area contributed by atoms with E-state index in [1.807, 2.05) is 6.92 Å². The zero-order chi connectivity index (χ0) is 11.9. The molecule has 0 atom stereocenters. The van der Waals surface area contributed by atoms with Crippen molar-refractivity contribution in [3.8, 4) is 0 Å². The summed E-state index contributed by atoms with van der Waals surface area (Å²) in [7, 11) is -1.88. The Morgan fingerprint density at radius 2 is 2.25 bits per heavy atom. The molecule has 0 amide bonds. The zero-order valence-corrected chi connectivity index (χ0v) is 10.2. The number of hydrogen-bond acceptors (Lipinski definition) is 4. The molecular formula is C9H16N4O2S. The van der Waals surface area contributed by atoms with E-state index in [1.54, 1.807) is 7.05 Å². The molecule has 2 rings (SSSR count). The van der Waals surface area contributed by atoms with Gasteiger partial charge in [0.25, 0.3) is 0 Å². The summed E-state index contributed by atoms with van der Waals surface area (Å²) in [5.74, 6) is 0.0781. The molecule has 0 bridgehead atoms. The van der Waals surface area contributed by atoms with Crippen molar-refractivity contribution in [2.45, 2.75) is 37.2 Å². The lowest BCUT2D eigenvalue weighted by Gasteiger charge is -2.14. The van der Waals surface area contributed by atoms with Crippen LogP contribution in [0.1, 0.15) is 19.8 Å². The smallest absolute Gasteiger partial charge is 0.248 e. The third kappa shape index (κ3) is 1.80. The number of sulfonamides is 1. The minimum absolute atomic E-state index is 0.0781. The predicted molar refractivity (Wildman–Crippen MR) is 60.3 cm³/mol. The molecule has 1 heterocycles. The first-order valence-corrected chi connectivity index (χ1v) is 6.71. The summed E-state index contributed by atoms with van der Waals surface area (Å²) < 4.78 is 27.2. The maximum Gasteiger partial charge on any atom is 0.248 e. The highest BCUT2D eigenvalue weighted by Crippen LogP contribution is 2.31. The molecule has 1 aromatic rings. The summed E-state index contributed by atoms with van der Waals surface area (Å²) in [5, 5.41) is 3.95. The highest BCUT2D eigenvalue weighted by molar-refractivity contribution is 7.89. The number of rotatable bonds is 4. The SMILES string of the molecule is CCn1cc(S(=O)(=O)N(C)C2CC2)c(N)n1. The second-order valence-corrected chi connectivity index (χ2v) is 5.95. The Labute approximate surface area is 95.1 Å². The summed E-state index contributed by atoms with van der Waals surface area (Å²) in [6.07, 6.45) is 3.35. The number of aryl methyl sites for hydroxylation is 1. The Bertz CT molecular complexity index is 490. The summed E-state index contributed by atoms with van der Waals surface area (Å²) in [6, 6.07) is 0.134. The van der Waals surface area contributed by atoms with Crippen LogP contribution in [0.25, 0.3) is 0 Å². The number of nitrogens with zero attached hydrogens (tertiary/aromatic N) is 3. The van der Waals surface area contributed by atoms with Gasteiger partial charge in [0.05, 0.1) is 0 Å². The van der Waals surface area contributed by atoms with Crippen LogP contribution in [0, 0.1) is 0 Å². The molecule has 1 aliphatic carbocycles. The number of nitrogen functional groups attached to an aromatic ring is 1. The minimum Gasteiger partial charge on any atom is -0.381 e. The fourth-order valence-corrected chi connectivity index (χ4v) is 3.04. The summed E-state index contributed by atoms with van der Waals surface area (Å²) in [4.78, 5) is 0.115. The lowest BCUT2D eigenvalue weighted by Crippen LogP contribution is -2.29. The highest BCUT2D eigenvalue weighted by Gasteiger charge is 2.36. The molecule has 1 saturated carbocycles. The summed E-state index contributed by atoms with van der Waals surface area (Å²) in [5.41, 5.74) is 5.62. The maximum atomic E-state index is 12.2. The number of aromatic nitrogens is 2. The van der Waals surface area contributed by atoms with Gasteiger partial charge in [-0.25, -0.2) is 8.42 Å². The molecule has 1 fully saturated rings. The summed E-state index contributed by atoms with van der Waals surface area (Å²) >= 11 is 0. The third-order valence-corrected chi connectivity index (χ3v) is 4.72. The van der Waals surface area contributed by atoms with Crippen molar-refractivity contribution in [3.05, 3.63) is 6.20 Å². The Kier molecular flexibility index (Phi) is 2.67. The van der Waals surface area contributed by atoms with Crippen molar-refractivity contribution in [1.82, 2.24) is 14.1 Å². The van der Waals surface area contributed by atoms with Gasteiger partial charge in [-0.05, 0) is 19.8 Å². The van der Waals surface area contributed by atoms with Crippen molar-refractivity contribution in [2.24, 2.45) is 0 Å². The summed E-state index contributed by atoms with van der Waals surface area (Å²) in [6.45, 7) is 2.49. The van der Waals surface area contributed by atoms with Crippen molar-refractivity contribution in [2.75, 3.05) is 12.8 Å². The van der Waals surface area contributed by atoms with Gasteiger partial charge < -0.3 is 5.73 Å². The Morgan fingerprint density at radius 3 is 2.69 bits per heavy atom. The minimum atomic E-state index is -3.47. The molecule has 16 heavy (non-hydrogen) atoms. The van der Waals surface area contributed by atoms with E-state index in [0.29, 0.717) is 6.54 Å². The number of anilines is 1. The first-order chi connectivity index (χ1) is 7.46. The second kappa shape index (κ2) is 3.74. The van der Waals surface area contributed by atoms with Crippen molar-refractivity contribution in [1.29, 1.82) is 0 Å². The van der Waals surface area contributed by atoms with Crippen LogP contribution in [-0.4, -0.2) is 35.6 Å². The molecule has 7 heteroatoms. The van der Waals surface area contributed by atoms with E-state index >= 15 is 0 Å². The highest BCUT2D eigenvalue weighted by atomic mass is 32.2. The molecular weight excluding hydrogens is 228 g/mol. The predicted octanol–water partition coefficient (Wildman–Crippen LogP) is 0.268. The average molecular weight is 244 g/mol. The van der Waals surface area contributed by atoms with Crippen molar-refractivity contribution in [3.63, 3.8) is 0 Å². The molecule has 0 aliphatic heterocycles. The molecule has 0 radical (unpaired) electrons. The molecule has 0 aromatic carbocycles. The van der Waals surface area contributed by atoms with Crippen LogP contribution in [0.3, 0.4) is 0 Å². The van der Waals surface area contributed by atoms with Crippen LogP contribution in [0.15, 0.2) is 11.1 Å². The number of hydrogen-bond donors (Lipinski definition) is 1. The van der Waals surface area contributed by atoms with Gasteiger partial charge in [-0.1, -0.05) is 0 Å². The van der Waals surface area contributed by atoms with E-state index in [1.165, 1.54) is 15.2 Å². The van der Waals surface area contributed by atoms with Gasteiger partial charge in [-0.2, -0.15) is 9.40 Å². The molecule has 6 nitrogen and oxygen atoms in total. The fraction of sp³-hybridized carbons (Fsp3) is 0.667. The average Bonchev–Trinajstić information content (AvgIpc) is 3.00. The van der Waals surface area contributed by atoms with Gasteiger partial charge in [0.2, 0.25) is 10.0 Å².